The number of H-pyrrole nitrogens is 1. The Morgan fingerprint density at radius 2 is 1.38 bits per heavy atom. The molecular weight excluding hydrogens is 352 g/mol. The Labute approximate surface area is 180 Å². The Balaban J connectivity index is 1.61. The second kappa shape index (κ2) is 15.3. The first-order valence-electron chi connectivity index (χ1n) is 12.4. The minimum atomic E-state index is 0.536. The monoisotopic (exact) mass is 397 g/mol. The minimum absolute atomic E-state index is 0.536. The molecule has 29 heavy (non-hydrogen) atoms. The molecule has 162 valence electrons. The number of imidazole rings is 1. The Bertz CT molecular complexity index is 590. The quantitative estimate of drug-likeness (QED) is 0.207. The van der Waals surface area contributed by atoms with Gasteiger partial charge in [0.25, 0.3) is 0 Å². The molecule has 0 radical (unpaired) electrons. The van der Waals surface area contributed by atoms with Gasteiger partial charge in [-0.25, -0.2) is 4.57 Å². The van der Waals surface area contributed by atoms with Crippen LogP contribution in [-0.2, 0) is 6.42 Å². The SMILES string of the molecule is CCCCCCCCCCCCCCC(Cc1ccccc1)C(C)[n+]1cc[nH]c1. The standard InChI is InChI=1S/C27H44N2/c1-3-4-5-6-7-8-9-10-11-12-13-17-20-27(23-26-18-15-14-16-19-26)25(2)29-22-21-28-24-29/h14-16,18-19,21-22,24-25,27H,3-13,17,20,23H2,1-2H3/p+1. The highest BCUT2D eigenvalue weighted by atomic mass is 15.0. The van der Waals surface area contributed by atoms with E-state index in [0.29, 0.717) is 12.0 Å². The number of hydrogen-bond acceptors (Lipinski definition) is 0. The lowest BCUT2D eigenvalue weighted by atomic mass is 9.88. The molecular formula is C27H45N2+. The van der Waals surface area contributed by atoms with E-state index in [4.69, 9.17) is 0 Å². The zero-order valence-corrected chi connectivity index (χ0v) is 19.1. The number of rotatable bonds is 17. The summed E-state index contributed by atoms with van der Waals surface area (Å²) in [7, 11) is 0. The van der Waals surface area contributed by atoms with E-state index < -0.39 is 0 Å². The summed E-state index contributed by atoms with van der Waals surface area (Å²) in [6.45, 7) is 4.67. The van der Waals surface area contributed by atoms with Crippen molar-refractivity contribution in [3.63, 3.8) is 0 Å². The van der Waals surface area contributed by atoms with E-state index in [0.717, 1.165) is 0 Å². The molecule has 2 aromatic rings. The Hall–Kier alpha value is -1.57. The average molecular weight is 398 g/mol. The van der Waals surface area contributed by atoms with Gasteiger partial charge >= 0.3 is 0 Å². The predicted molar refractivity (Wildman–Crippen MR) is 125 cm³/mol. The first-order valence-corrected chi connectivity index (χ1v) is 12.4. The number of benzene rings is 1. The second-order valence-electron chi connectivity index (χ2n) is 8.93. The molecule has 1 aromatic carbocycles. The van der Waals surface area contributed by atoms with Crippen LogP contribution in [0.25, 0.3) is 0 Å². The van der Waals surface area contributed by atoms with Crippen molar-refractivity contribution < 1.29 is 4.57 Å². The lowest BCUT2D eigenvalue weighted by molar-refractivity contribution is -0.725. The van der Waals surface area contributed by atoms with Gasteiger partial charge in [-0.3, -0.25) is 4.98 Å². The molecule has 1 aromatic heterocycles. The predicted octanol–water partition coefficient (Wildman–Crippen LogP) is 7.81. The maximum atomic E-state index is 3.21. The maximum Gasteiger partial charge on any atom is 0.241 e. The van der Waals surface area contributed by atoms with Crippen LogP contribution >= 0.6 is 0 Å². The number of aromatic nitrogens is 2. The van der Waals surface area contributed by atoms with Gasteiger partial charge in [-0.1, -0.05) is 114 Å². The van der Waals surface area contributed by atoms with Gasteiger partial charge in [-0.05, 0) is 25.3 Å². The number of hydrogen-bond donors (Lipinski definition) is 1. The number of aromatic amines is 1. The fourth-order valence-electron chi connectivity index (χ4n) is 4.48. The van der Waals surface area contributed by atoms with E-state index in [9.17, 15) is 0 Å². The molecule has 2 rings (SSSR count). The van der Waals surface area contributed by atoms with Crippen molar-refractivity contribution in [3.05, 3.63) is 54.6 Å². The Morgan fingerprint density at radius 1 is 0.793 bits per heavy atom. The van der Waals surface area contributed by atoms with E-state index in [1.807, 2.05) is 6.20 Å². The number of unbranched alkanes of at least 4 members (excludes halogenated alkanes) is 11. The first-order chi connectivity index (χ1) is 14.3. The van der Waals surface area contributed by atoms with Crippen molar-refractivity contribution in [1.29, 1.82) is 0 Å². The van der Waals surface area contributed by atoms with Crippen LogP contribution < -0.4 is 4.57 Å². The molecule has 0 aliphatic rings. The molecule has 1 heterocycles. The van der Waals surface area contributed by atoms with Crippen LogP contribution in [0.5, 0.6) is 0 Å². The van der Waals surface area contributed by atoms with Gasteiger partial charge in [-0.2, -0.15) is 0 Å². The fourth-order valence-corrected chi connectivity index (χ4v) is 4.48. The highest BCUT2D eigenvalue weighted by Gasteiger charge is 2.22. The molecule has 2 atom stereocenters. The third kappa shape index (κ3) is 10.1. The Kier molecular flexibility index (Phi) is 12.5. The highest BCUT2D eigenvalue weighted by molar-refractivity contribution is 5.15. The van der Waals surface area contributed by atoms with Crippen LogP contribution in [0.4, 0.5) is 0 Å². The van der Waals surface area contributed by atoms with Gasteiger partial charge in [0.1, 0.15) is 18.4 Å². The van der Waals surface area contributed by atoms with Gasteiger partial charge in [0, 0.05) is 5.92 Å². The summed E-state index contributed by atoms with van der Waals surface area (Å²) in [6.07, 6.45) is 25.9. The molecule has 0 aliphatic carbocycles. The van der Waals surface area contributed by atoms with Gasteiger partial charge in [0.05, 0.1) is 0 Å². The first kappa shape index (κ1) is 23.7. The Morgan fingerprint density at radius 3 is 1.93 bits per heavy atom. The highest BCUT2D eigenvalue weighted by Crippen LogP contribution is 2.24. The summed E-state index contributed by atoms with van der Waals surface area (Å²) in [5, 5.41) is 0. The maximum absolute atomic E-state index is 3.21. The molecule has 0 bridgehead atoms. The molecule has 0 saturated heterocycles. The van der Waals surface area contributed by atoms with Crippen molar-refractivity contribution in [2.24, 2.45) is 5.92 Å². The van der Waals surface area contributed by atoms with Crippen LogP contribution in [0.1, 0.15) is 109 Å². The van der Waals surface area contributed by atoms with Crippen LogP contribution in [0.2, 0.25) is 0 Å². The largest absolute Gasteiger partial charge is 0.250 e. The van der Waals surface area contributed by atoms with Crippen molar-refractivity contribution in [2.45, 2.75) is 110 Å². The molecule has 2 unspecified atom stereocenters. The van der Waals surface area contributed by atoms with Gasteiger partial charge in [0.2, 0.25) is 6.33 Å². The minimum Gasteiger partial charge on any atom is -0.250 e. The zero-order chi connectivity index (χ0) is 20.6. The van der Waals surface area contributed by atoms with E-state index in [-0.39, 0.29) is 0 Å². The lowest BCUT2D eigenvalue weighted by Gasteiger charge is -2.22. The van der Waals surface area contributed by atoms with Crippen LogP contribution in [0.3, 0.4) is 0 Å². The lowest BCUT2D eigenvalue weighted by Crippen LogP contribution is -2.40. The molecule has 0 amide bonds. The second-order valence-corrected chi connectivity index (χ2v) is 8.93. The normalized spacial score (nSPS) is 13.4. The van der Waals surface area contributed by atoms with E-state index >= 15 is 0 Å². The number of nitrogens with zero attached hydrogens (tertiary/aromatic N) is 1. The molecule has 0 fully saturated rings. The molecule has 1 N–H and O–H groups in total. The van der Waals surface area contributed by atoms with Gasteiger partial charge in [-0.15, -0.1) is 0 Å². The average Bonchev–Trinajstić information content (AvgIpc) is 3.29. The van der Waals surface area contributed by atoms with Crippen molar-refractivity contribution in [3.8, 4) is 0 Å². The fraction of sp³-hybridized carbons (Fsp3) is 0.667. The van der Waals surface area contributed by atoms with E-state index in [1.54, 1.807) is 0 Å². The molecule has 0 saturated carbocycles. The van der Waals surface area contributed by atoms with Gasteiger partial charge in [0.15, 0.2) is 0 Å². The van der Waals surface area contributed by atoms with Gasteiger partial charge < -0.3 is 0 Å². The van der Waals surface area contributed by atoms with Crippen LogP contribution in [-0.4, -0.2) is 4.98 Å². The smallest absolute Gasteiger partial charge is 0.241 e. The summed E-state index contributed by atoms with van der Waals surface area (Å²) < 4.78 is 2.34. The topological polar surface area (TPSA) is 19.7 Å². The van der Waals surface area contributed by atoms with Crippen molar-refractivity contribution in [1.82, 2.24) is 4.98 Å². The summed E-state index contributed by atoms with van der Waals surface area (Å²) in [5.41, 5.74) is 1.47. The van der Waals surface area contributed by atoms with Crippen molar-refractivity contribution >= 4 is 0 Å². The van der Waals surface area contributed by atoms with E-state index in [2.05, 4.69) is 66.3 Å². The summed E-state index contributed by atoms with van der Waals surface area (Å²) >= 11 is 0. The summed E-state index contributed by atoms with van der Waals surface area (Å²) in [6, 6.07) is 11.6. The number of nitrogens with one attached hydrogen (secondary N) is 1. The van der Waals surface area contributed by atoms with Crippen molar-refractivity contribution in [2.75, 3.05) is 0 Å². The zero-order valence-electron chi connectivity index (χ0n) is 19.1. The molecule has 2 nitrogen and oxygen atoms in total. The third-order valence-corrected chi connectivity index (χ3v) is 6.49. The third-order valence-electron chi connectivity index (χ3n) is 6.49. The summed E-state index contributed by atoms with van der Waals surface area (Å²) in [4.78, 5) is 3.21. The van der Waals surface area contributed by atoms with Crippen LogP contribution in [0, 0.1) is 5.92 Å². The summed E-state index contributed by atoms with van der Waals surface area (Å²) in [5.74, 6) is 0.696. The van der Waals surface area contributed by atoms with E-state index in [1.165, 1.54) is 95.5 Å². The van der Waals surface area contributed by atoms with Crippen LogP contribution in [0.15, 0.2) is 49.1 Å². The molecule has 2 heteroatoms. The molecule has 0 spiro atoms. The molecule has 0 aliphatic heterocycles.